The zero-order valence-electron chi connectivity index (χ0n) is 15.5. The molecular formula is C21H20BrN3O2S. The Bertz CT molecular complexity index is 997. The van der Waals surface area contributed by atoms with E-state index in [1.807, 2.05) is 60.4 Å². The third-order valence-corrected chi connectivity index (χ3v) is 6.10. The van der Waals surface area contributed by atoms with Crippen LogP contribution in [0, 0.1) is 0 Å². The maximum atomic E-state index is 12.6. The van der Waals surface area contributed by atoms with Crippen LogP contribution < -0.4 is 0 Å². The van der Waals surface area contributed by atoms with E-state index in [0.29, 0.717) is 31.3 Å². The molecule has 1 amide bonds. The van der Waals surface area contributed by atoms with Gasteiger partial charge in [-0.3, -0.25) is 4.79 Å². The Hall–Kier alpha value is -1.96. The van der Waals surface area contributed by atoms with E-state index in [1.54, 1.807) is 0 Å². The van der Waals surface area contributed by atoms with E-state index in [9.17, 15) is 4.79 Å². The molecule has 0 spiro atoms. The number of rotatable bonds is 4. The number of halogens is 1. The van der Waals surface area contributed by atoms with Gasteiger partial charge in [0.1, 0.15) is 5.03 Å². The van der Waals surface area contributed by atoms with Crippen LogP contribution in [0.4, 0.5) is 0 Å². The minimum atomic E-state index is 0.0894. The van der Waals surface area contributed by atoms with Crippen molar-refractivity contribution in [1.82, 2.24) is 14.9 Å². The van der Waals surface area contributed by atoms with Crippen molar-refractivity contribution < 1.29 is 9.53 Å². The van der Waals surface area contributed by atoms with Crippen LogP contribution in [0.15, 0.2) is 58.0 Å². The molecule has 144 valence electrons. The summed E-state index contributed by atoms with van der Waals surface area (Å²) in [5.41, 5.74) is 1.83. The third kappa shape index (κ3) is 4.37. The van der Waals surface area contributed by atoms with Crippen LogP contribution in [0.5, 0.6) is 0 Å². The number of thioether (sulfide) groups is 1. The summed E-state index contributed by atoms with van der Waals surface area (Å²) in [6.45, 7) is 3.89. The van der Waals surface area contributed by atoms with Crippen LogP contribution in [0.25, 0.3) is 22.3 Å². The molecule has 2 heterocycles. The van der Waals surface area contributed by atoms with Gasteiger partial charge in [0.2, 0.25) is 5.91 Å². The SMILES string of the molecule is CC1CN(C(=O)CSc2nc(-c3ccc(Br)cc3)nc3ccccc23)CCO1. The highest BCUT2D eigenvalue weighted by molar-refractivity contribution is 9.10. The zero-order chi connectivity index (χ0) is 19.5. The fourth-order valence-corrected chi connectivity index (χ4v) is 4.34. The average Bonchev–Trinajstić information content (AvgIpc) is 2.72. The maximum Gasteiger partial charge on any atom is 0.233 e. The highest BCUT2D eigenvalue weighted by Crippen LogP contribution is 2.29. The fourth-order valence-electron chi connectivity index (χ4n) is 3.15. The van der Waals surface area contributed by atoms with Gasteiger partial charge in [-0.15, -0.1) is 0 Å². The van der Waals surface area contributed by atoms with E-state index in [-0.39, 0.29) is 12.0 Å². The van der Waals surface area contributed by atoms with Crippen LogP contribution in [0.2, 0.25) is 0 Å². The number of para-hydroxylation sites is 1. The minimum absolute atomic E-state index is 0.0894. The summed E-state index contributed by atoms with van der Waals surface area (Å²) < 4.78 is 6.54. The average molecular weight is 458 g/mol. The second kappa shape index (κ2) is 8.59. The van der Waals surface area contributed by atoms with Crippen molar-refractivity contribution in [3.05, 3.63) is 53.0 Å². The largest absolute Gasteiger partial charge is 0.375 e. The lowest BCUT2D eigenvalue weighted by Crippen LogP contribution is -2.45. The highest BCUT2D eigenvalue weighted by atomic mass is 79.9. The molecule has 1 atom stereocenters. The first kappa shape index (κ1) is 19.4. The molecule has 4 rings (SSSR count). The highest BCUT2D eigenvalue weighted by Gasteiger charge is 2.22. The Kier molecular flexibility index (Phi) is 5.94. The predicted molar refractivity (Wildman–Crippen MR) is 115 cm³/mol. The van der Waals surface area contributed by atoms with Gasteiger partial charge >= 0.3 is 0 Å². The zero-order valence-corrected chi connectivity index (χ0v) is 17.9. The summed E-state index contributed by atoms with van der Waals surface area (Å²) in [7, 11) is 0. The van der Waals surface area contributed by atoms with Crippen LogP contribution in [-0.4, -0.2) is 52.3 Å². The number of hydrogen-bond donors (Lipinski definition) is 0. The van der Waals surface area contributed by atoms with E-state index in [2.05, 4.69) is 15.9 Å². The smallest absolute Gasteiger partial charge is 0.233 e. The first-order valence-corrected chi connectivity index (χ1v) is 10.9. The standard InChI is InChI=1S/C21H20BrN3O2S/c1-14-12-25(10-11-27-14)19(26)13-28-21-17-4-2-3-5-18(17)23-20(24-21)15-6-8-16(22)9-7-15/h2-9,14H,10-13H2,1H3. The molecule has 1 aliphatic heterocycles. The molecule has 28 heavy (non-hydrogen) atoms. The van der Waals surface area contributed by atoms with Crippen LogP contribution >= 0.6 is 27.7 Å². The maximum absolute atomic E-state index is 12.6. The van der Waals surface area contributed by atoms with E-state index >= 15 is 0 Å². The number of fused-ring (bicyclic) bond motifs is 1. The molecule has 0 saturated carbocycles. The Balaban J connectivity index is 1.60. The van der Waals surface area contributed by atoms with Gasteiger partial charge in [0.05, 0.1) is 24.0 Å². The van der Waals surface area contributed by atoms with Gasteiger partial charge in [0.25, 0.3) is 0 Å². The number of aromatic nitrogens is 2. The number of carbonyl (C=O) groups is 1. The quantitative estimate of drug-likeness (QED) is 0.429. The molecule has 0 radical (unpaired) electrons. The third-order valence-electron chi connectivity index (χ3n) is 4.60. The van der Waals surface area contributed by atoms with E-state index in [1.165, 1.54) is 11.8 Å². The van der Waals surface area contributed by atoms with Gasteiger partial charge in [0.15, 0.2) is 5.82 Å². The van der Waals surface area contributed by atoms with Gasteiger partial charge in [-0.2, -0.15) is 0 Å². The van der Waals surface area contributed by atoms with Crippen molar-refractivity contribution in [3.63, 3.8) is 0 Å². The Morgan fingerprint density at radius 3 is 2.79 bits per heavy atom. The van der Waals surface area contributed by atoms with Gasteiger partial charge < -0.3 is 9.64 Å². The van der Waals surface area contributed by atoms with Crippen LogP contribution in [-0.2, 0) is 9.53 Å². The van der Waals surface area contributed by atoms with Crippen molar-refractivity contribution in [2.75, 3.05) is 25.4 Å². The lowest BCUT2D eigenvalue weighted by Gasteiger charge is -2.31. The topological polar surface area (TPSA) is 55.3 Å². The predicted octanol–water partition coefficient (Wildman–Crippen LogP) is 4.40. The van der Waals surface area contributed by atoms with E-state index < -0.39 is 0 Å². The second-order valence-corrected chi connectivity index (χ2v) is 8.57. The van der Waals surface area contributed by atoms with Gasteiger partial charge in [-0.25, -0.2) is 9.97 Å². The van der Waals surface area contributed by atoms with Gasteiger partial charge in [-0.1, -0.05) is 58.0 Å². The monoisotopic (exact) mass is 457 g/mol. The van der Waals surface area contributed by atoms with E-state index in [0.717, 1.165) is 26.0 Å². The van der Waals surface area contributed by atoms with Crippen molar-refractivity contribution in [2.24, 2.45) is 0 Å². The molecule has 2 aromatic carbocycles. The molecule has 1 fully saturated rings. The van der Waals surface area contributed by atoms with Crippen LogP contribution in [0.3, 0.4) is 0 Å². The summed E-state index contributed by atoms with van der Waals surface area (Å²) >= 11 is 4.93. The first-order chi connectivity index (χ1) is 13.6. The summed E-state index contributed by atoms with van der Waals surface area (Å²) in [6, 6.07) is 15.9. The molecule has 7 heteroatoms. The summed E-state index contributed by atoms with van der Waals surface area (Å²) in [6.07, 6.45) is 0.0894. The normalized spacial score (nSPS) is 17.1. The van der Waals surface area contributed by atoms with Crippen molar-refractivity contribution in [1.29, 1.82) is 0 Å². The van der Waals surface area contributed by atoms with Crippen LogP contribution in [0.1, 0.15) is 6.92 Å². The molecule has 1 saturated heterocycles. The fraction of sp³-hybridized carbons (Fsp3) is 0.286. The molecule has 1 aliphatic rings. The Morgan fingerprint density at radius 2 is 2.00 bits per heavy atom. The molecule has 3 aromatic rings. The summed E-state index contributed by atoms with van der Waals surface area (Å²) in [5.74, 6) is 1.14. The summed E-state index contributed by atoms with van der Waals surface area (Å²) in [4.78, 5) is 24.0. The lowest BCUT2D eigenvalue weighted by molar-refractivity contribution is -0.135. The van der Waals surface area contributed by atoms with Gasteiger partial charge in [0, 0.05) is 28.5 Å². The molecule has 1 aromatic heterocycles. The Morgan fingerprint density at radius 1 is 1.21 bits per heavy atom. The number of morpholine rings is 1. The Labute approximate surface area is 176 Å². The van der Waals surface area contributed by atoms with E-state index in [4.69, 9.17) is 14.7 Å². The number of hydrogen-bond acceptors (Lipinski definition) is 5. The second-order valence-electron chi connectivity index (χ2n) is 6.69. The van der Waals surface area contributed by atoms with Crippen molar-refractivity contribution in [2.45, 2.75) is 18.1 Å². The molecule has 0 bridgehead atoms. The van der Waals surface area contributed by atoms with Crippen molar-refractivity contribution in [3.8, 4) is 11.4 Å². The lowest BCUT2D eigenvalue weighted by atomic mass is 10.2. The minimum Gasteiger partial charge on any atom is -0.375 e. The number of carbonyl (C=O) groups excluding carboxylic acids is 1. The molecular weight excluding hydrogens is 438 g/mol. The summed E-state index contributed by atoms with van der Waals surface area (Å²) in [5, 5.41) is 1.80. The number of ether oxygens (including phenoxy) is 1. The van der Waals surface area contributed by atoms with Gasteiger partial charge in [-0.05, 0) is 25.1 Å². The number of amides is 1. The van der Waals surface area contributed by atoms with Crippen molar-refractivity contribution >= 4 is 44.5 Å². The first-order valence-electron chi connectivity index (χ1n) is 9.15. The molecule has 1 unspecified atom stereocenters. The number of nitrogens with zero attached hydrogens (tertiary/aromatic N) is 3. The molecule has 0 aliphatic carbocycles. The molecule has 5 nitrogen and oxygen atoms in total. The number of benzene rings is 2. The molecule has 0 N–H and O–H groups in total.